The Balaban J connectivity index is 2.29. The lowest BCUT2D eigenvalue weighted by atomic mass is 9.94. The van der Waals surface area contributed by atoms with Gasteiger partial charge in [-0.1, -0.05) is 19.9 Å². The van der Waals surface area contributed by atoms with Gasteiger partial charge in [0.05, 0.1) is 17.0 Å². The van der Waals surface area contributed by atoms with Gasteiger partial charge in [-0.25, -0.2) is 0 Å². The van der Waals surface area contributed by atoms with E-state index in [9.17, 15) is 14.7 Å². The van der Waals surface area contributed by atoms with E-state index in [1.807, 2.05) is 13.8 Å². The first kappa shape index (κ1) is 16.7. The lowest BCUT2D eigenvalue weighted by Gasteiger charge is -2.25. The van der Waals surface area contributed by atoms with E-state index in [1.165, 1.54) is 11.3 Å². The molecule has 1 aromatic rings. The Hall–Kier alpha value is -1.40. The maximum atomic E-state index is 11.6. The average molecular weight is 298 g/mol. The molecule has 0 saturated heterocycles. The van der Waals surface area contributed by atoms with Crippen LogP contribution in [-0.4, -0.2) is 35.6 Å². The summed E-state index contributed by atoms with van der Waals surface area (Å²) in [5.74, 6) is -0.219. The molecule has 0 radical (unpaired) electrons. The Kier molecular flexibility index (Phi) is 6.16. The number of hydrogen-bond donors (Lipinski definition) is 3. The molecule has 0 aliphatic rings. The SMILES string of the molecule is CC(C)CC(C)(O)CNC(=O)CNC(=O)c1cccs1. The van der Waals surface area contributed by atoms with Crippen LogP contribution in [-0.2, 0) is 4.79 Å². The van der Waals surface area contributed by atoms with Crippen LogP contribution in [0.25, 0.3) is 0 Å². The number of carbonyl (C=O) groups is 2. The highest BCUT2D eigenvalue weighted by molar-refractivity contribution is 7.12. The van der Waals surface area contributed by atoms with E-state index in [1.54, 1.807) is 24.4 Å². The minimum absolute atomic E-state index is 0.0888. The van der Waals surface area contributed by atoms with Crippen molar-refractivity contribution < 1.29 is 14.7 Å². The van der Waals surface area contributed by atoms with E-state index < -0.39 is 5.60 Å². The summed E-state index contributed by atoms with van der Waals surface area (Å²) in [5.41, 5.74) is -0.929. The molecule has 1 atom stereocenters. The molecule has 0 aliphatic carbocycles. The molecule has 20 heavy (non-hydrogen) atoms. The number of nitrogens with one attached hydrogen (secondary N) is 2. The average Bonchev–Trinajstić information content (AvgIpc) is 2.85. The molecule has 0 aromatic carbocycles. The fourth-order valence-corrected chi connectivity index (χ4v) is 2.60. The van der Waals surface area contributed by atoms with Crippen molar-refractivity contribution in [1.82, 2.24) is 10.6 Å². The minimum Gasteiger partial charge on any atom is -0.388 e. The van der Waals surface area contributed by atoms with E-state index in [2.05, 4.69) is 10.6 Å². The molecule has 3 N–H and O–H groups in total. The van der Waals surface area contributed by atoms with Crippen molar-refractivity contribution in [1.29, 1.82) is 0 Å². The zero-order chi connectivity index (χ0) is 15.2. The minimum atomic E-state index is -0.929. The number of hydrogen-bond acceptors (Lipinski definition) is 4. The highest BCUT2D eigenvalue weighted by atomic mass is 32.1. The third-order valence-electron chi connectivity index (χ3n) is 2.67. The Morgan fingerprint density at radius 1 is 1.40 bits per heavy atom. The van der Waals surface area contributed by atoms with Crippen molar-refractivity contribution in [3.05, 3.63) is 22.4 Å². The van der Waals surface area contributed by atoms with E-state index in [0.717, 1.165) is 0 Å². The van der Waals surface area contributed by atoms with E-state index >= 15 is 0 Å². The van der Waals surface area contributed by atoms with Crippen LogP contribution in [0, 0.1) is 5.92 Å². The second-order valence-corrected chi connectivity index (χ2v) is 6.48. The molecule has 1 rings (SSSR count). The molecule has 6 heteroatoms. The summed E-state index contributed by atoms with van der Waals surface area (Å²) in [5, 5.41) is 17.0. The molecule has 0 spiro atoms. The first-order valence-corrected chi connectivity index (χ1v) is 7.49. The van der Waals surface area contributed by atoms with Crippen molar-refractivity contribution >= 4 is 23.2 Å². The first-order chi connectivity index (χ1) is 9.30. The van der Waals surface area contributed by atoms with Crippen LogP contribution >= 0.6 is 11.3 Å². The van der Waals surface area contributed by atoms with Gasteiger partial charge in [-0.15, -0.1) is 11.3 Å². The third-order valence-corrected chi connectivity index (χ3v) is 3.54. The summed E-state index contributed by atoms with van der Waals surface area (Å²) >= 11 is 1.32. The van der Waals surface area contributed by atoms with Gasteiger partial charge >= 0.3 is 0 Å². The van der Waals surface area contributed by atoms with Gasteiger partial charge < -0.3 is 15.7 Å². The molecule has 1 heterocycles. The summed E-state index contributed by atoms with van der Waals surface area (Å²) < 4.78 is 0. The van der Waals surface area contributed by atoms with Gasteiger partial charge in [0, 0.05) is 6.54 Å². The second kappa shape index (κ2) is 7.40. The molecule has 0 saturated carbocycles. The maximum Gasteiger partial charge on any atom is 0.261 e. The smallest absolute Gasteiger partial charge is 0.261 e. The number of aliphatic hydroxyl groups is 1. The van der Waals surface area contributed by atoms with Gasteiger partial charge in [0.2, 0.25) is 5.91 Å². The van der Waals surface area contributed by atoms with Crippen LogP contribution in [0.4, 0.5) is 0 Å². The summed E-state index contributed by atoms with van der Waals surface area (Å²) in [7, 11) is 0. The van der Waals surface area contributed by atoms with Crippen LogP contribution < -0.4 is 10.6 Å². The number of rotatable bonds is 7. The normalized spacial score (nSPS) is 13.8. The van der Waals surface area contributed by atoms with E-state index in [0.29, 0.717) is 17.2 Å². The van der Waals surface area contributed by atoms with E-state index in [-0.39, 0.29) is 24.9 Å². The molecule has 0 aliphatic heterocycles. The molecule has 5 nitrogen and oxygen atoms in total. The van der Waals surface area contributed by atoms with E-state index in [4.69, 9.17) is 0 Å². The van der Waals surface area contributed by atoms with Gasteiger partial charge in [0.15, 0.2) is 0 Å². The first-order valence-electron chi connectivity index (χ1n) is 6.61. The van der Waals surface area contributed by atoms with Crippen LogP contribution in [0.15, 0.2) is 17.5 Å². The van der Waals surface area contributed by atoms with Crippen molar-refractivity contribution in [2.75, 3.05) is 13.1 Å². The van der Waals surface area contributed by atoms with Gasteiger partial charge in [-0.2, -0.15) is 0 Å². The third kappa shape index (κ3) is 6.16. The van der Waals surface area contributed by atoms with Crippen LogP contribution in [0.5, 0.6) is 0 Å². The Morgan fingerprint density at radius 3 is 2.65 bits per heavy atom. The standard InChI is InChI=1S/C14H22N2O3S/c1-10(2)7-14(3,19)9-16-12(17)8-15-13(18)11-5-4-6-20-11/h4-6,10,19H,7-9H2,1-3H3,(H,15,18)(H,16,17). The van der Waals surface area contributed by atoms with Gasteiger partial charge in [0.1, 0.15) is 0 Å². The number of thiophene rings is 1. The molecule has 1 aromatic heterocycles. The lowest BCUT2D eigenvalue weighted by molar-refractivity contribution is -0.121. The maximum absolute atomic E-state index is 11.6. The van der Waals surface area contributed by atoms with Crippen LogP contribution in [0.1, 0.15) is 36.9 Å². The largest absolute Gasteiger partial charge is 0.388 e. The lowest BCUT2D eigenvalue weighted by Crippen LogP contribution is -2.45. The highest BCUT2D eigenvalue weighted by Crippen LogP contribution is 2.14. The zero-order valence-electron chi connectivity index (χ0n) is 12.1. The monoisotopic (exact) mass is 298 g/mol. The van der Waals surface area contributed by atoms with Crippen LogP contribution in [0.2, 0.25) is 0 Å². The summed E-state index contributed by atoms with van der Waals surface area (Å²) in [6.07, 6.45) is 0.606. The van der Waals surface area contributed by atoms with Gasteiger partial charge in [-0.3, -0.25) is 9.59 Å². The zero-order valence-corrected chi connectivity index (χ0v) is 12.9. The van der Waals surface area contributed by atoms with Crippen molar-refractivity contribution in [3.8, 4) is 0 Å². The molecular weight excluding hydrogens is 276 g/mol. The van der Waals surface area contributed by atoms with Gasteiger partial charge in [0.25, 0.3) is 5.91 Å². The molecule has 0 bridgehead atoms. The fourth-order valence-electron chi connectivity index (χ4n) is 1.96. The van der Waals surface area contributed by atoms with Gasteiger partial charge in [-0.05, 0) is 30.7 Å². The Morgan fingerprint density at radius 2 is 2.10 bits per heavy atom. The fraction of sp³-hybridized carbons (Fsp3) is 0.571. The Bertz CT molecular complexity index is 441. The molecule has 2 amide bonds. The van der Waals surface area contributed by atoms with Crippen molar-refractivity contribution in [2.45, 2.75) is 32.8 Å². The quantitative estimate of drug-likeness (QED) is 0.712. The van der Waals surface area contributed by atoms with Crippen molar-refractivity contribution in [3.63, 3.8) is 0 Å². The molecule has 112 valence electrons. The predicted molar refractivity (Wildman–Crippen MR) is 79.7 cm³/mol. The molecule has 0 fully saturated rings. The summed E-state index contributed by atoms with van der Waals surface area (Å²) in [6.45, 7) is 5.81. The molecular formula is C14H22N2O3S. The Labute approximate surface area is 123 Å². The predicted octanol–water partition coefficient (Wildman–Crippen LogP) is 1.39. The number of carbonyl (C=O) groups excluding carboxylic acids is 2. The molecule has 1 unspecified atom stereocenters. The highest BCUT2D eigenvalue weighted by Gasteiger charge is 2.22. The number of amides is 2. The second-order valence-electron chi connectivity index (χ2n) is 5.53. The topological polar surface area (TPSA) is 78.4 Å². The van der Waals surface area contributed by atoms with Crippen molar-refractivity contribution in [2.24, 2.45) is 5.92 Å². The van der Waals surface area contributed by atoms with Crippen LogP contribution in [0.3, 0.4) is 0 Å². The summed E-state index contributed by atoms with van der Waals surface area (Å²) in [6, 6.07) is 3.48. The summed E-state index contributed by atoms with van der Waals surface area (Å²) in [4.78, 5) is 23.8.